The molecular weight excluding hydrogens is 247 g/mol. The van der Waals surface area contributed by atoms with E-state index in [1.807, 2.05) is 13.0 Å². The minimum Gasteiger partial charge on any atom is -0.333 e. The number of aliphatic imine (C=N–C) groups is 1. The predicted octanol–water partition coefficient (Wildman–Crippen LogP) is 4.06. The van der Waals surface area contributed by atoms with Crippen LogP contribution in [0.15, 0.2) is 23.2 Å². The summed E-state index contributed by atoms with van der Waals surface area (Å²) in [5.74, 6) is 0.448. The second-order valence-corrected chi connectivity index (χ2v) is 6.41. The average Bonchev–Trinajstić information content (AvgIpc) is 2.70. The molecule has 1 aromatic carbocycles. The Labute approximate surface area is 112 Å². The molecule has 1 heterocycles. The number of anilines is 1. The van der Waals surface area contributed by atoms with Gasteiger partial charge in [0.25, 0.3) is 0 Å². The summed E-state index contributed by atoms with van der Waals surface area (Å²) in [6.07, 6.45) is 1.15. The van der Waals surface area contributed by atoms with Crippen molar-refractivity contribution in [3.63, 3.8) is 0 Å². The number of nitrogens with zero attached hydrogens (tertiary/aromatic N) is 1. The van der Waals surface area contributed by atoms with Crippen molar-refractivity contribution >= 4 is 22.6 Å². The van der Waals surface area contributed by atoms with Crippen molar-refractivity contribution < 1.29 is 4.39 Å². The van der Waals surface area contributed by atoms with Crippen LogP contribution < -0.4 is 5.32 Å². The fourth-order valence-corrected chi connectivity index (χ4v) is 3.25. The van der Waals surface area contributed by atoms with Crippen molar-refractivity contribution in [2.75, 3.05) is 11.9 Å². The van der Waals surface area contributed by atoms with Gasteiger partial charge in [0.1, 0.15) is 5.82 Å². The summed E-state index contributed by atoms with van der Waals surface area (Å²) in [7, 11) is 0. The zero-order chi connectivity index (χ0) is 13.1. The third-order valence-corrected chi connectivity index (χ3v) is 3.94. The Morgan fingerprint density at radius 1 is 1.50 bits per heavy atom. The molecule has 0 saturated heterocycles. The van der Waals surface area contributed by atoms with Gasteiger partial charge in [0.05, 0.1) is 12.2 Å². The maximum absolute atomic E-state index is 13.6. The Hall–Kier alpha value is -1.03. The predicted molar refractivity (Wildman–Crippen MR) is 77.9 cm³/mol. The van der Waals surface area contributed by atoms with E-state index >= 15 is 0 Å². The summed E-state index contributed by atoms with van der Waals surface area (Å²) in [5.41, 5.74) is 1.56. The maximum atomic E-state index is 13.6. The molecule has 1 unspecified atom stereocenters. The number of aryl methyl sites for hydroxylation is 1. The lowest BCUT2D eigenvalue weighted by molar-refractivity contribution is 0.575. The molecule has 0 aromatic heterocycles. The van der Waals surface area contributed by atoms with E-state index in [2.05, 4.69) is 24.2 Å². The van der Waals surface area contributed by atoms with E-state index in [1.54, 1.807) is 17.8 Å². The first-order valence-electron chi connectivity index (χ1n) is 6.29. The first kappa shape index (κ1) is 13.4. The van der Waals surface area contributed by atoms with Crippen LogP contribution in [0.3, 0.4) is 0 Å². The van der Waals surface area contributed by atoms with Crippen molar-refractivity contribution in [1.29, 1.82) is 0 Å². The number of nitrogens with one attached hydrogen (secondary N) is 1. The molecule has 0 fully saturated rings. The molecular formula is C14H19FN2S. The molecule has 0 radical (unpaired) electrons. The molecule has 0 aliphatic carbocycles. The normalized spacial score (nSPS) is 19.2. The number of rotatable bonds is 3. The van der Waals surface area contributed by atoms with Crippen molar-refractivity contribution in [2.24, 2.45) is 10.9 Å². The van der Waals surface area contributed by atoms with Gasteiger partial charge in [-0.25, -0.2) is 4.39 Å². The third-order valence-electron chi connectivity index (χ3n) is 2.81. The lowest BCUT2D eigenvalue weighted by Crippen LogP contribution is -2.10. The highest BCUT2D eigenvalue weighted by Gasteiger charge is 2.21. The molecule has 2 nitrogen and oxygen atoms in total. The van der Waals surface area contributed by atoms with Crippen LogP contribution in [0.2, 0.25) is 0 Å². The summed E-state index contributed by atoms with van der Waals surface area (Å²) in [5, 5.41) is 4.46. The molecule has 0 saturated carbocycles. The molecule has 1 N–H and O–H groups in total. The molecule has 1 aliphatic heterocycles. The van der Waals surface area contributed by atoms with Gasteiger partial charge in [-0.15, -0.1) is 0 Å². The van der Waals surface area contributed by atoms with Crippen LogP contribution in [0, 0.1) is 18.7 Å². The zero-order valence-electron chi connectivity index (χ0n) is 11.0. The third kappa shape index (κ3) is 3.48. The second kappa shape index (κ2) is 5.74. The number of hydrogen-bond acceptors (Lipinski definition) is 3. The molecule has 0 bridgehead atoms. The van der Waals surface area contributed by atoms with Crippen molar-refractivity contribution in [1.82, 2.24) is 0 Å². The van der Waals surface area contributed by atoms with E-state index in [9.17, 15) is 4.39 Å². The number of halogens is 1. The van der Waals surface area contributed by atoms with Gasteiger partial charge < -0.3 is 5.32 Å². The summed E-state index contributed by atoms with van der Waals surface area (Å²) in [4.78, 5) is 4.44. The molecule has 0 spiro atoms. The zero-order valence-corrected chi connectivity index (χ0v) is 11.9. The quantitative estimate of drug-likeness (QED) is 0.892. The van der Waals surface area contributed by atoms with Crippen molar-refractivity contribution in [2.45, 2.75) is 32.4 Å². The van der Waals surface area contributed by atoms with Crippen molar-refractivity contribution in [3.8, 4) is 0 Å². The Morgan fingerprint density at radius 3 is 3.00 bits per heavy atom. The first-order chi connectivity index (χ1) is 8.54. The second-order valence-electron chi connectivity index (χ2n) is 5.12. The topological polar surface area (TPSA) is 24.4 Å². The lowest BCUT2D eigenvalue weighted by atomic mass is 10.1. The molecule has 1 aliphatic rings. The Kier molecular flexibility index (Phi) is 4.27. The van der Waals surface area contributed by atoms with Gasteiger partial charge in [-0.05, 0) is 37.0 Å². The average molecular weight is 266 g/mol. The van der Waals surface area contributed by atoms with Crippen LogP contribution >= 0.6 is 11.8 Å². The van der Waals surface area contributed by atoms with E-state index in [0.29, 0.717) is 16.9 Å². The van der Waals surface area contributed by atoms with Crippen LogP contribution in [0.5, 0.6) is 0 Å². The smallest absolute Gasteiger partial charge is 0.161 e. The SMILES string of the molecule is Cc1ccc(F)c(NC2=NCC(CC(C)C)S2)c1. The van der Waals surface area contributed by atoms with Gasteiger partial charge in [-0.2, -0.15) is 0 Å². The summed E-state index contributed by atoms with van der Waals surface area (Å²) >= 11 is 1.72. The van der Waals surface area contributed by atoms with Crippen LogP contribution in [-0.4, -0.2) is 17.0 Å². The number of amidine groups is 1. The highest BCUT2D eigenvalue weighted by atomic mass is 32.2. The van der Waals surface area contributed by atoms with Crippen molar-refractivity contribution in [3.05, 3.63) is 29.6 Å². The van der Waals surface area contributed by atoms with Gasteiger partial charge in [0.2, 0.25) is 0 Å². The van der Waals surface area contributed by atoms with Gasteiger partial charge in [0.15, 0.2) is 5.17 Å². The molecule has 4 heteroatoms. The van der Waals surface area contributed by atoms with Gasteiger partial charge >= 0.3 is 0 Å². The molecule has 2 rings (SSSR count). The van der Waals surface area contributed by atoms with E-state index in [-0.39, 0.29) is 5.82 Å². The monoisotopic (exact) mass is 266 g/mol. The minimum absolute atomic E-state index is 0.226. The van der Waals surface area contributed by atoms with Crippen LogP contribution in [-0.2, 0) is 0 Å². The minimum atomic E-state index is -0.226. The van der Waals surface area contributed by atoms with E-state index in [1.165, 1.54) is 6.07 Å². The number of benzene rings is 1. The molecule has 1 atom stereocenters. The van der Waals surface area contributed by atoms with Crippen LogP contribution in [0.1, 0.15) is 25.8 Å². The standard InChI is InChI=1S/C14H19FN2S/c1-9(2)6-11-8-16-14(18-11)17-13-7-10(3)4-5-12(13)15/h4-5,7,9,11H,6,8H2,1-3H3,(H,16,17). The molecule has 18 heavy (non-hydrogen) atoms. The summed E-state index contributed by atoms with van der Waals surface area (Å²) < 4.78 is 13.6. The summed E-state index contributed by atoms with van der Waals surface area (Å²) in [6.45, 7) is 7.22. The Morgan fingerprint density at radius 2 is 2.28 bits per heavy atom. The number of hydrogen-bond donors (Lipinski definition) is 1. The highest BCUT2D eigenvalue weighted by Crippen LogP contribution is 2.28. The largest absolute Gasteiger partial charge is 0.333 e. The van der Waals surface area contributed by atoms with E-state index in [4.69, 9.17) is 0 Å². The Balaban J connectivity index is 1.97. The molecule has 1 aromatic rings. The van der Waals surface area contributed by atoms with Gasteiger partial charge in [0, 0.05) is 5.25 Å². The highest BCUT2D eigenvalue weighted by molar-refractivity contribution is 8.15. The van der Waals surface area contributed by atoms with E-state index < -0.39 is 0 Å². The number of thioether (sulfide) groups is 1. The van der Waals surface area contributed by atoms with Crippen LogP contribution in [0.25, 0.3) is 0 Å². The van der Waals surface area contributed by atoms with Crippen LogP contribution in [0.4, 0.5) is 10.1 Å². The van der Waals surface area contributed by atoms with Gasteiger partial charge in [-0.3, -0.25) is 4.99 Å². The summed E-state index contributed by atoms with van der Waals surface area (Å²) in [6, 6.07) is 5.07. The maximum Gasteiger partial charge on any atom is 0.161 e. The Bertz CT molecular complexity index is 457. The van der Waals surface area contributed by atoms with Gasteiger partial charge in [-0.1, -0.05) is 31.7 Å². The molecule has 0 amide bonds. The lowest BCUT2D eigenvalue weighted by Gasteiger charge is -2.11. The first-order valence-corrected chi connectivity index (χ1v) is 7.17. The fraction of sp³-hybridized carbons (Fsp3) is 0.500. The molecule has 98 valence electrons. The fourth-order valence-electron chi connectivity index (χ4n) is 1.98. The van der Waals surface area contributed by atoms with E-state index in [0.717, 1.165) is 23.7 Å².